The molecular formula is C16H22F2N2. The second-order valence-electron chi connectivity index (χ2n) is 6.38. The third-order valence-corrected chi connectivity index (χ3v) is 4.65. The van der Waals surface area contributed by atoms with Crippen molar-refractivity contribution >= 4 is 0 Å². The second kappa shape index (κ2) is 5.41. The number of halogens is 2. The molecule has 1 saturated heterocycles. The van der Waals surface area contributed by atoms with Gasteiger partial charge in [-0.05, 0) is 57.3 Å². The highest BCUT2D eigenvalue weighted by Gasteiger charge is 2.42. The van der Waals surface area contributed by atoms with Gasteiger partial charge in [0.1, 0.15) is 11.6 Å². The predicted octanol–water partition coefficient (Wildman–Crippen LogP) is 2.93. The summed E-state index contributed by atoms with van der Waals surface area (Å²) < 4.78 is 27.6. The molecule has 2 nitrogen and oxygen atoms in total. The molecular weight excluding hydrogens is 258 g/mol. The average Bonchev–Trinajstić information content (AvgIpc) is 3.22. The molecule has 2 aliphatic rings. The third kappa shape index (κ3) is 2.86. The van der Waals surface area contributed by atoms with Gasteiger partial charge in [-0.3, -0.25) is 4.90 Å². The van der Waals surface area contributed by atoms with Crippen molar-refractivity contribution in [2.24, 2.45) is 5.92 Å². The van der Waals surface area contributed by atoms with Gasteiger partial charge in [-0.15, -0.1) is 0 Å². The van der Waals surface area contributed by atoms with Crippen LogP contribution in [-0.2, 0) is 6.54 Å². The highest BCUT2D eigenvalue weighted by Crippen LogP contribution is 2.40. The van der Waals surface area contributed by atoms with Crippen LogP contribution in [0.3, 0.4) is 0 Å². The van der Waals surface area contributed by atoms with Crippen molar-refractivity contribution in [1.29, 1.82) is 0 Å². The minimum absolute atomic E-state index is 0.0955. The monoisotopic (exact) mass is 280 g/mol. The van der Waals surface area contributed by atoms with Crippen molar-refractivity contribution in [2.45, 2.75) is 38.3 Å². The van der Waals surface area contributed by atoms with Crippen LogP contribution >= 0.6 is 0 Å². The van der Waals surface area contributed by atoms with E-state index in [2.05, 4.69) is 17.1 Å². The Morgan fingerprint density at radius 3 is 2.65 bits per heavy atom. The average molecular weight is 280 g/mol. The van der Waals surface area contributed by atoms with Crippen LogP contribution in [0.25, 0.3) is 0 Å². The summed E-state index contributed by atoms with van der Waals surface area (Å²) in [5.41, 5.74) is 0.297. The van der Waals surface area contributed by atoms with E-state index >= 15 is 0 Å². The van der Waals surface area contributed by atoms with E-state index < -0.39 is 11.6 Å². The smallest absolute Gasteiger partial charge is 0.130 e. The molecule has 1 aliphatic carbocycles. The van der Waals surface area contributed by atoms with Crippen molar-refractivity contribution in [3.8, 4) is 0 Å². The van der Waals surface area contributed by atoms with Crippen molar-refractivity contribution in [2.75, 3.05) is 19.6 Å². The fourth-order valence-electron chi connectivity index (χ4n) is 3.31. The Bertz CT molecular complexity index is 467. The molecule has 0 spiro atoms. The van der Waals surface area contributed by atoms with Gasteiger partial charge < -0.3 is 5.32 Å². The van der Waals surface area contributed by atoms with Crippen LogP contribution < -0.4 is 5.32 Å². The highest BCUT2D eigenvalue weighted by molar-refractivity contribution is 5.19. The second-order valence-corrected chi connectivity index (χ2v) is 6.38. The Labute approximate surface area is 119 Å². The summed E-state index contributed by atoms with van der Waals surface area (Å²) in [6, 6.07) is 4.11. The maximum absolute atomic E-state index is 13.8. The van der Waals surface area contributed by atoms with Gasteiger partial charge in [0.25, 0.3) is 0 Å². The lowest BCUT2D eigenvalue weighted by atomic mass is 9.95. The minimum atomic E-state index is -0.435. The standard InChI is InChI=1S/C16H22F2N2/c1-16(12-6-7-12)11-20(9-3-8-19-16)10-13-14(17)4-2-5-15(13)18/h2,4-5,12,19H,3,6-11H2,1H3. The van der Waals surface area contributed by atoms with Gasteiger partial charge in [0.2, 0.25) is 0 Å². The summed E-state index contributed by atoms with van der Waals surface area (Å²) in [5, 5.41) is 3.64. The van der Waals surface area contributed by atoms with Crippen LogP contribution in [-0.4, -0.2) is 30.1 Å². The molecule has 1 aliphatic heterocycles. The maximum Gasteiger partial charge on any atom is 0.130 e. The molecule has 1 saturated carbocycles. The first-order valence-electron chi connectivity index (χ1n) is 7.49. The molecule has 1 heterocycles. The van der Waals surface area contributed by atoms with Gasteiger partial charge in [-0.1, -0.05) is 6.07 Å². The first kappa shape index (κ1) is 14.0. The first-order valence-corrected chi connectivity index (χ1v) is 7.49. The molecule has 2 fully saturated rings. The molecule has 1 aromatic rings. The molecule has 1 atom stereocenters. The van der Waals surface area contributed by atoms with Crippen molar-refractivity contribution in [3.63, 3.8) is 0 Å². The zero-order chi connectivity index (χ0) is 14.2. The van der Waals surface area contributed by atoms with Gasteiger partial charge >= 0.3 is 0 Å². The molecule has 0 aromatic heterocycles. The van der Waals surface area contributed by atoms with E-state index in [1.54, 1.807) is 0 Å². The molecule has 110 valence electrons. The molecule has 4 heteroatoms. The fourth-order valence-corrected chi connectivity index (χ4v) is 3.31. The number of hydrogen-bond acceptors (Lipinski definition) is 2. The molecule has 1 unspecified atom stereocenters. The lowest BCUT2D eigenvalue weighted by molar-refractivity contribution is 0.191. The number of nitrogens with zero attached hydrogens (tertiary/aromatic N) is 1. The molecule has 1 N–H and O–H groups in total. The Morgan fingerprint density at radius 2 is 2.00 bits per heavy atom. The number of nitrogens with one attached hydrogen (secondary N) is 1. The summed E-state index contributed by atoms with van der Waals surface area (Å²) in [5.74, 6) is -0.153. The van der Waals surface area contributed by atoms with Crippen molar-refractivity contribution < 1.29 is 8.78 Å². The van der Waals surface area contributed by atoms with Crippen LogP contribution in [0.2, 0.25) is 0 Å². The lowest BCUT2D eigenvalue weighted by Gasteiger charge is -2.34. The zero-order valence-corrected chi connectivity index (χ0v) is 12.0. The summed E-state index contributed by atoms with van der Waals surface area (Å²) in [6.07, 6.45) is 3.56. The minimum Gasteiger partial charge on any atom is -0.310 e. The number of benzene rings is 1. The van der Waals surface area contributed by atoms with E-state index in [-0.39, 0.29) is 11.1 Å². The van der Waals surface area contributed by atoms with E-state index in [1.807, 2.05) is 0 Å². The zero-order valence-electron chi connectivity index (χ0n) is 12.0. The summed E-state index contributed by atoms with van der Waals surface area (Å²) in [4.78, 5) is 2.19. The molecule has 0 radical (unpaired) electrons. The fraction of sp³-hybridized carbons (Fsp3) is 0.625. The Balaban J connectivity index is 1.75. The van der Waals surface area contributed by atoms with Crippen LogP contribution in [0.1, 0.15) is 31.7 Å². The van der Waals surface area contributed by atoms with Crippen molar-refractivity contribution in [3.05, 3.63) is 35.4 Å². The molecule has 0 amide bonds. The Hall–Kier alpha value is -1.00. The van der Waals surface area contributed by atoms with Crippen LogP contribution in [0.5, 0.6) is 0 Å². The number of hydrogen-bond donors (Lipinski definition) is 1. The topological polar surface area (TPSA) is 15.3 Å². The molecule has 3 rings (SSSR count). The van der Waals surface area contributed by atoms with E-state index in [4.69, 9.17) is 0 Å². The molecule has 1 aromatic carbocycles. The van der Waals surface area contributed by atoms with E-state index in [1.165, 1.54) is 31.0 Å². The van der Waals surface area contributed by atoms with Gasteiger partial charge in [-0.2, -0.15) is 0 Å². The maximum atomic E-state index is 13.8. The van der Waals surface area contributed by atoms with Gasteiger partial charge in [-0.25, -0.2) is 8.78 Å². The largest absolute Gasteiger partial charge is 0.310 e. The third-order valence-electron chi connectivity index (χ3n) is 4.65. The molecule has 0 bridgehead atoms. The molecule has 20 heavy (non-hydrogen) atoms. The van der Waals surface area contributed by atoms with Crippen LogP contribution in [0, 0.1) is 17.6 Å². The van der Waals surface area contributed by atoms with Gasteiger partial charge in [0.15, 0.2) is 0 Å². The van der Waals surface area contributed by atoms with Gasteiger partial charge in [0, 0.05) is 24.2 Å². The highest BCUT2D eigenvalue weighted by atomic mass is 19.1. The summed E-state index contributed by atoms with van der Waals surface area (Å²) in [7, 11) is 0. The Kier molecular flexibility index (Phi) is 3.78. The predicted molar refractivity (Wildman–Crippen MR) is 75.4 cm³/mol. The summed E-state index contributed by atoms with van der Waals surface area (Å²) >= 11 is 0. The first-order chi connectivity index (χ1) is 9.58. The van der Waals surface area contributed by atoms with Crippen molar-refractivity contribution in [1.82, 2.24) is 10.2 Å². The van der Waals surface area contributed by atoms with Gasteiger partial charge in [0.05, 0.1) is 0 Å². The van der Waals surface area contributed by atoms with Crippen LogP contribution in [0.4, 0.5) is 8.78 Å². The Morgan fingerprint density at radius 1 is 1.30 bits per heavy atom. The van der Waals surface area contributed by atoms with E-state index in [0.29, 0.717) is 12.5 Å². The quantitative estimate of drug-likeness (QED) is 0.916. The van der Waals surface area contributed by atoms with E-state index in [0.717, 1.165) is 26.1 Å². The summed E-state index contributed by atoms with van der Waals surface area (Å²) in [6.45, 7) is 5.36. The van der Waals surface area contributed by atoms with Crippen LogP contribution in [0.15, 0.2) is 18.2 Å². The van der Waals surface area contributed by atoms with E-state index in [9.17, 15) is 8.78 Å². The number of rotatable bonds is 3. The SMILES string of the molecule is CC1(C2CC2)CN(Cc2c(F)cccc2F)CCCN1. The normalized spacial score (nSPS) is 28.4. The lowest BCUT2D eigenvalue weighted by Crippen LogP contribution is -2.50.